The van der Waals surface area contributed by atoms with Crippen LogP contribution in [-0.2, 0) is 11.2 Å². The highest BCUT2D eigenvalue weighted by Gasteiger charge is 2.40. The lowest BCUT2D eigenvalue weighted by Gasteiger charge is -2.38. The van der Waals surface area contributed by atoms with Crippen LogP contribution in [0.4, 0.5) is 0 Å². The van der Waals surface area contributed by atoms with Crippen molar-refractivity contribution in [1.29, 1.82) is 0 Å². The van der Waals surface area contributed by atoms with E-state index in [9.17, 15) is 0 Å². The third-order valence-electron chi connectivity index (χ3n) is 4.45. The van der Waals surface area contributed by atoms with E-state index < -0.39 is 0 Å². The molecule has 2 N–H and O–H groups in total. The van der Waals surface area contributed by atoms with Crippen LogP contribution in [-0.4, -0.2) is 48.8 Å². The SMILES string of the molecule is CCNC(=NCCc1ccco1)NC1CCOC2(CCSC2)C1.I. The van der Waals surface area contributed by atoms with Crippen LogP contribution in [0.1, 0.15) is 31.9 Å². The predicted molar refractivity (Wildman–Crippen MR) is 111 cm³/mol. The van der Waals surface area contributed by atoms with Crippen LogP contribution >= 0.6 is 35.7 Å². The first-order valence-corrected chi connectivity index (χ1v) is 9.74. The molecule has 1 aromatic rings. The van der Waals surface area contributed by atoms with E-state index in [0.29, 0.717) is 6.04 Å². The average Bonchev–Trinajstić information content (AvgIpc) is 3.20. The van der Waals surface area contributed by atoms with Gasteiger partial charge in [0.1, 0.15) is 5.76 Å². The molecular weight excluding hydrogens is 437 g/mol. The lowest BCUT2D eigenvalue weighted by Crippen LogP contribution is -2.51. The molecule has 2 saturated heterocycles. The van der Waals surface area contributed by atoms with E-state index in [-0.39, 0.29) is 29.6 Å². The van der Waals surface area contributed by atoms with E-state index in [1.54, 1.807) is 6.26 Å². The van der Waals surface area contributed by atoms with Gasteiger partial charge >= 0.3 is 0 Å². The summed E-state index contributed by atoms with van der Waals surface area (Å²) in [5.74, 6) is 4.26. The molecule has 5 nitrogen and oxygen atoms in total. The maximum Gasteiger partial charge on any atom is 0.191 e. The number of furan rings is 1. The van der Waals surface area contributed by atoms with Crippen LogP contribution in [0.3, 0.4) is 0 Å². The van der Waals surface area contributed by atoms with Crippen LogP contribution < -0.4 is 10.6 Å². The van der Waals surface area contributed by atoms with Gasteiger partial charge in [-0.15, -0.1) is 24.0 Å². The van der Waals surface area contributed by atoms with Gasteiger partial charge in [0.05, 0.1) is 11.9 Å². The van der Waals surface area contributed by atoms with Crippen LogP contribution in [0.15, 0.2) is 27.8 Å². The molecule has 0 bridgehead atoms. The number of guanidine groups is 1. The molecule has 3 heterocycles. The Hall–Kier alpha value is -0.410. The Balaban J connectivity index is 0.00000208. The molecule has 0 radical (unpaired) electrons. The molecule has 1 spiro atoms. The minimum absolute atomic E-state index is 0. The van der Waals surface area contributed by atoms with Crippen LogP contribution in [0.25, 0.3) is 0 Å². The quantitative estimate of drug-likeness (QED) is 0.398. The van der Waals surface area contributed by atoms with Crippen LogP contribution in [0.2, 0.25) is 0 Å². The molecule has 2 fully saturated rings. The Morgan fingerprint density at radius 2 is 2.42 bits per heavy atom. The summed E-state index contributed by atoms with van der Waals surface area (Å²) >= 11 is 2.01. The molecule has 0 aromatic carbocycles. The van der Waals surface area contributed by atoms with Gasteiger partial charge < -0.3 is 19.8 Å². The number of aliphatic imine (C=N–C) groups is 1. The van der Waals surface area contributed by atoms with Crippen molar-refractivity contribution in [1.82, 2.24) is 10.6 Å². The van der Waals surface area contributed by atoms with Gasteiger partial charge in [-0.1, -0.05) is 0 Å². The van der Waals surface area contributed by atoms with Crippen molar-refractivity contribution < 1.29 is 9.15 Å². The average molecular weight is 465 g/mol. The summed E-state index contributed by atoms with van der Waals surface area (Å²) in [5.41, 5.74) is 0.103. The Bertz CT molecular complexity index is 504. The van der Waals surface area contributed by atoms with Crippen LogP contribution in [0.5, 0.6) is 0 Å². The summed E-state index contributed by atoms with van der Waals surface area (Å²) in [6.07, 6.45) is 5.86. The summed E-state index contributed by atoms with van der Waals surface area (Å²) in [6.45, 7) is 4.55. The molecule has 2 unspecified atom stereocenters. The molecule has 0 aliphatic carbocycles. The molecule has 0 amide bonds. The summed E-state index contributed by atoms with van der Waals surface area (Å²) in [5, 5.41) is 6.96. The van der Waals surface area contributed by atoms with E-state index in [1.807, 2.05) is 23.9 Å². The molecule has 1 aromatic heterocycles. The zero-order chi connectivity index (χ0) is 16.0. The maximum absolute atomic E-state index is 6.09. The molecule has 3 rings (SSSR count). The number of hydrogen-bond donors (Lipinski definition) is 2. The molecule has 2 aliphatic heterocycles. The Labute approximate surface area is 165 Å². The number of thioether (sulfide) groups is 1. The Morgan fingerprint density at radius 3 is 3.12 bits per heavy atom. The standard InChI is InChI=1S/C17H27N3O2S.HI/c1-2-18-16(19-8-5-15-4-3-9-21-15)20-14-6-10-22-17(12-14)7-11-23-13-17;/h3-4,9,14H,2,5-8,10-13H2,1H3,(H2,18,19,20);1H. The predicted octanol–water partition coefficient (Wildman–Crippen LogP) is 3.05. The molecule has 24 heavy (non-hydrogen) atoms. The molecule has 7 heteroatoms. The van der Waals surface area contributed by atoms with Gasteiger partial charge in [-0.25, -0.2) is 0 Å². The smallest absolute Gasteiger partial charge is 0.191 e. The zero-order valence-electron chi connectivity index (χ0n) is 14.3. The van der Waals surface area contributed by atoms with Crippen LogP contribution in [0, 0.1) is 0 Å². The fraction of sp³-hybridized carbons (Fsp3) is 0.706. The topological polar surface area (TPSA) is 58.8 Å². The lowest BCUT2D eigenvalue weighted by atomic mass is 9.90. The first kappa shape index (κ1) is 19.9. The van der Waals surface area contributed by atoms with E-state index in [0.717, 1.165) is 56.4 Å². The van der Waals surface area contributed by atoms with E-state index in [2.05, 4.69) is 22.5 Å². The van der Waals surface area contributed by atoms with E-state index in [1.165, 1.54) is 12.2 Å². The van der Waals surface area contributed by atoms with Crippen molar-refractivity contribution in [3.63, 3.8) is 0 Å². The van der Waals surface area contributed by atoms with Crippen molar-refractivity contribution >= 4 is 41.7 Å². The Kier molecular flexibility index (Phi) is 8.22. The van der Waals surface area contributed by atoms with Crippen molar-refractivity contribution in [2.45, 2.75) is 44.2 Å². The second kappa shape index (κ2) is 9.91. The van der Waals surface area contributed by atoms with Crippen molar-refractivity contribution in [3.8, 4) is 0 Å². The summed E-state index contributed by atoms with van der Waals surface area (Å²) in [7, 11) is 0. The molecular formula is C17H28IN3O2S. The highest BCUT2D eigenvalue weighted by atomic mass is 127. The minimum Gasteiger partial charge on any atom is -0.469 e. The number of nitrogens with one attached hydrogen (secondary N) is 2. The second-order valence-corrected chi connectivity index (χ2v) is 7.36. The van der Waals surface area contributed by atoms with Gasteiger partial charge in [0.15, 0.2) is 5.96 Å². The largest absolute Gasteiger partial charge is 0.469 e. The fourth-order valence-electron chi connectivity index (χ4n) is 3.26. The maximum atomic E-state index is 6.09. The zero-order valence-corrected chi connectivity index (χ0v) is 17.4. The van der Waals surface area contributed by atoms with Gasteiger partial charge in [0.25, 0.3) is 0 Å². The number of rotatable bonds is 5. The van der Waals surface area contributed by atoms with Crippen molar-refractivity contribution in [3.05, 3.63) is 24.2 Å². The van der Waals surface area contributed by atoms with Crippen molar-refractivity contribution in [2.24, 2.45) is 4.99 Å². The normalized spacial score (nSPS) is 27.0. The minimum atomic E-state index is 0. The number of nitrogens with zero attached hydrogens (tertiary/aromatic N) is 1. The van der Waals surface area contributed by atoms with E-state index >= 15 is 0 Å². The Morgan fingerprint density at radius 1 is 1.50 bits per heavy atom. The van der Waals surface area contributed by atoms with Gasteiger partial charge in [-0.3, -0.25) is 4.99 Å². The molecule has 2 aliphatic rings. The third kappa shape index (κ3) is 5.56. The fourth-order valence-corrected chi connectivity index (χ4v) is 4.64. The van der Waals surface area contributed by atoms with Gasteiger partial charge in [0.2, 0.25) is 0 Å². The van der Waals surface area contributed by atoms with Gasteiger partial charge in [-0.2, -0.15) is 11.8 Å². The highest BCUT2D eigenvalue weighted by Crippen LogP contribution is 2.38. The molecule has 0 saturated carbocycles. The summed E-state index contributed by atoms with van der Waals surface area (Å²) in [6, 6.07) is 4.36. The first-order valence-electron chi connectivity index (χ1n) is 8.59. The number of halogens is 1. The lowest BCUT2D eigenvalue weighted by molar-refractivity contribution is -0.0679. The first-order chi connectivity index (χ1) is 11.3. The highest BCUT2D eigenvalue weighted by molar-refractivity contribution is 14.0. The van der Waals surface area contributed by atoms with E-state index in [4.69, 9.17) is 9.15 Å². The molecule has 2 atom stereocenters. The summed E-state index contributed by atoms with van der Waals surface area (Å²) < 4.78 is 11.5. The molecule has 136 valence electrons. The van der Waals surface area contributed by atoms with Gasteiger partial charge in [-0.05, 0) is 44.1 Å². The number of hydrogen-bond acceptors (Lipinski definition) is 4. The summed E-state index contributed by atoms with van der Waals surface area (Å²) in [4.78, 5) is 4.69. The van der Waals surface area contributed by atoms with Crippen molar-refractivity contribution in [2.75, 3.05) is 31.2 Å². The second-order valence-electron chi connectivity index (χ2n) is 6.26. The monoisotopic (exact) mass is 465 g/mol. The van der Waals surface area contributed by atoms with Gasteiger partial charge in [0, 0.05) is 37.9 Å². The number of ether oxygens (including phenoxy) is 1. The third-order valence-corrected chi connectivity index (χ3v) is 5.68.